The Balaban J connectivity index is 2.15. The summed E-state index contributed by atoms with van der Waals surface area (Å²) in [5.74, 6) is 0.568. The lowest BCUT2D eigenvalue weighted by Crippen LogP contribution is -2.32. The molecule has 1 aromatic carbocycles. The zero-order valence-electron chi connectivity index (χ0n) is 9.80. The van der Waals surface area contributed by atoms with Gasteiger partial charge in [0.15, 0.2) is 0 Å². The van der Waals surface area contributed by atoms with Crippen LogP contribution in [0.25, 0.3) is 11.5 Å². The van der Waals surface area contributed by atoms with Crippen molar-refractivity contribution in [1.82, 2.24) is 4.98 Å². The average Bonchev–Trinajstić information content (AvgIpc) is 2.88. The number of hydrogen-bond acceptors (Lipinski definition) is 4. The molecule has 1 aromatic heterocycles. The lowest BCUT2D eigenvalue weighted by molar-refractivity contribution is 0.256. The lowest BCUT2D eigenvalue weighted by Gasteiger charge is -2.38. The van der Waals surface area contributed by atoms with Crippen molar-refractivity contribution in [3.05, 3.63) is 42.3 Å². The molecule has 0 bridgehead atoms. The zero-order chi connectivity index (χ0) is 12.4. The maximum absolute atomic E-state index is 10.7. The molecule has 0 aliphatic heterocycles. The maximum Gasteiger partial charge on any atom is 0.235 e. The van der Waals surface area contributed by atoms with Gasteiger partial charge < -0.3 is 4.42 Å². The Morgan fingerprint density at radius 1 is 1.33 bits per heavy atom. The van der Waals surface area contributed by atoms with Crippen LogP contribution >= 0.6 is 0 Å². The minimum absolute atomic E-state index is 0.424. The van der Waals surface area contributed by atoms with Crippen molar-refractivity contribution in [2.24, 2.45) is 4.99 Å². The zero-order valence-corrected chi connectivity index (χ0v) is 9.80. The van der Waals surface area contributed by atoms with Crippen LogP contribution in [0.15, 0.2) is 46.1 Å². The fourth-order valence-corrected chi connectivity index (χ4v) is 2.47. The number of benzene rings is 1. The third-order valence-electron chi connectivity index (χ3n) is 3.53. The van der Waals surface area contributed by atoms with E-state index in [1.54, 1.807) is 18.5 Å². The van der Waals surface area contributed by atoms with Gasteiger partial charge in [-0.05, 0) is 30.9 Å². The second-order valence-corrected chi connectivity index (χ2v) is 4.47. The minimum Gasteiger partial charge on any atom is -0.445 e. The van der Waals surface area contributed by atoms with Gasteiger partial charge in [-0.1, -0.05) is 18.2 Å². The van der Waals surface area contributed by atoms with Gasteiger partial charge in [0.25, 0.3) is 0 Å². The molecule has 1 aliphatic rings. The van der Waals surface area contributed by atoms with Crippen LogP contribution < -0.4 is 0 Å². The smallest absolute Gasteiger partial charge is 0.235 e. The highest BCUT2D eigenvalue weighted by atomic mass is 16.3. The highest BCUT2D eigenvalue weighted by molar-refractivity contribution is 5.62. The highest BCUT2D eigenvalue weighted by Crippen LogP contribution is 2.47. The molecule has 4 heteroatoms. The Kier molecular flexibility index (Phi) is 2.58. The fraction of sp³-hybridized carbons (Fsp3) is 0.286. The highest BCUT2D eigenvalue weighted by Gasteiger charge is 2.40. The van der Waals surface area contributed by atoms with Crippen molar-refractivity contribution in [2.75, 3.05) is 0 Å². The lowest BCUT2D eigenvalue weighted by atomic mass is 9.71. The summed E-state index contributed by atoms with van der Waals surface area (Å²) in [5, 5.41) is 0. The van der Waals surface area contributed by atoms with Gasteiger partial charge in [0, 0.05) is 5.56 Å². The largest absolute Gasteiger partial charge is 0.445 e. The van der Waals surface area contributed by atoms with Crippen LogP contribution in [-0.2, 0) is 10.3 Å². The Morgan fingerprint density at radius 3 is 2.78 bits per heavy atom. The first-order valence-electron chi connectivity index (χ1n) is 5.94. The molecule has 1 aliphatic carbocycles. The third kappa shape index (κ3) is 1.59. The van der Waals surface area contributed by atoms with Gasteiger partial charge in [-0.2, -0.15) is 4.99 Å². The number of nitrogens with zero attached hydrogens (tertiary/aromatic N) is 2. The summed E-state index contributed by atoms with van der Waals surface area (Å²) in [7, 11) is 0. The molecule has 0 radical (unpaired) electrons. The van der Waals surface area contributed by atoms with Gasteiger partial charge in [0.05, 0.1) is 11.7 Å². The molecule has 0 unspecified atom stereocenters. The predicted octanol–water partition coefficient (Wildman–Crippen LogP) is 3.06. The molecule has 1 heterocycles. The van der Waals surface area contributed by atoms with E-state index in [0.717, 1.165) is 30.4 Å². The topological polar surface area (TPSA) is 55.5 Å². The predicted molar refractivity (Wildman–Crippen MR) is 65.6 cm³/mol. The van der Waals surface area contributed by atoms with E-state index in [0.29, 0.717) is 5.89 Å². The molecule has 0 spiro atoms. The van der Waals surface area contributed by atoms with Crippen LogP contribution in [0.1, 0.15) is 24.8 Å². The average molecular weight is 240 g/mol. The van der Waals surface area contributed by atoms with E-state index in [1.165, 1.54) is 0 Å². The quantitative estimate of drug-likeness (QED) is 0.612. The van der Waals surface area contributed by atoms with E-state index in [4.69, 9.17) is 4.42 Å². The summed E-state index contributed by atoms with van der Waals surface area (Å²) < 4.78 is 5.35. The van der Waals surface area contributed by atoms with E-state index in [2.05, 4.69) is 9.98 Å². The fourth-order valence-electron chi connectivity index (χ4n) is 2.47. The molecule has 0 saturated heterocycles. The van der Waals surface area contributed by atoms with Gasteiger partial charge in [0.1, 0.15) is 6.26 Å². The van der Waals surface area contributed by atoms with Crippen molar-refractivity contribution in [3.8, 4) is 11.5 Å². The Labute approximate surface area is 104 Å². The van der Waals surface area contributed by atoms with Crippen molar-refractivity contribution in [1.29, 1.82) is 0 Å². The van der Waals surface area contributed by atoms with Gasteiger partial charge in [0.2, 0.25) is 12.0 Å². The van der Waals surface area contributed by atoms with Crippen LogP contribution in [0.3, 0.4) is 0 Å². The summed E-state index contributed by atoms with van der Waals surface area (Å²) in [6, 6.07) is 7.81. The summed E-state index contributed by atoms with van der Waals surface area (Å²) in [6.07, 6.45) is 7.69. The Morgan fingerprint density at radius 2 is 2.17 bits per heavy atom. The van der Waals surface area contributed by atoms with Crippen LogP contribution in [0.2, 0.25) is 0 Å². The van der Waals surface area contributed by atoms with Crippen LogP contribution in [-0.4, -0.2) is 11.1 Å². The normalized spacial score (nSPS) is 16.7. The first kappa shape index (κ1) is 10.9. The van der Waals surface area contributed by atoms with E-state index < -0.39 is 5.54 Å². The second kappa shape index (κ2) is 4.24. The van der Waals surface area contributed by atoms with Gasteiger partial charge in [-0.25, -0.2) is 9.78 Å². The molecule has 0 N–H and O–H groups in total. The molecule has 1 saturated carbocycles. The number of carbonyl (C=O) groups excluding carboxylic acids is 1. The van der Waals surface area contributed by atoms with E-state index in [-0.39, 0.29) is 0 Å². The Hall–Kier alpha value is -2.19. The molecule has 2 aromatic rings. The molecule has 3 rings (SSSR count). The molecular weight excluding hydrogens is 228 g/mol. The van der Waals surface area contributed by atoms with Gasteiger partial charge in [-0.3, -0.25) is 0 Å². The third-order valence-corrected chi connectivity index (χ3v) is 3.53. The number of rotatable bonds is 3. The number of hydrogen-bond donors (Lipinski definition) is 0. The number of aromatic nitrogens is 1. The summed E-state index contributed by atoms with van der Waals surface area (Å²) in [4.78, 5) is 18.9. The van der Waals surface area contributed by atoms with E-state index in [9.17, 15) is 4.79 Å². The van der Waals surface area contributed by atoms with Gasteiger partial charge >= 0.3 is 0 Å². The molecule has 0 atom stereocenters. The SMILES string of the molecule is O=C=NC1(c2ccccc2-c2ncco2)CCC1. The first-order valence-corrected chi connectivity index (χ1v) is 5.94. The summed E-state index contributed by atoms with van der Waals surface area (Å²) in [5.41, 5.74) is 1.48. The minimum atomic E-state index is -0.424. The van der Waals surface area contributed by atoms with Crippen LogP contribution in [0.5, 0.6) is 0 Å². The van der Waals surface area contributed by atoms with Crippen molar-refractivity contribution in [3.63, 3.8) is 0 Å². The molecule has 90 valence electrons. The summed E-state index contributed by atoms with van der Waals surface area (Å²) >= 11 is 0. The van der Waals surface area contributed by atoms with E-state index in [1.807, 2.05) is 24.3 Å². The van der Waals surface area contributed by atoms with E-state index >= 15 is 0 Å². The summed E-state index contributed by atoms with van der Waals surface area (Å²) in [6.45, 7) is 0. The number of oxazole rings is 1. The molecule has 0 amide bonds. The monoisotopic (exact) mass is 240 g/mol. The van der Waals surface area contributed by atoms with Crippen molar-refractivity contribution >= 4 is 6.08 Å². The Bertz CT molecular complexity index is 594. The van der Waals surface area contributed by atoms with Crippen LogP contribution in [0, 0.1) is 0 Å². The molecule has 1 fully saturated rings. The standard InChI is InChI=1S/C14H12N2O2/c17-10-16-14(6-3-7-14)12-5-2-1-4-11(12)13-15-8-9-18-13/h1-2,4-5,8-9H,3,6-7H2. The first-order chi connectivity index (χ1) is 8.86. The number of isocyanates is 1. The maximum atomic E-state index is 10.7. The van der Waals surface area contributed by atoms with Crippen molar-refractivity contribution < 1.29 is 9.21 Å². The molecule has 4 nitrogen and oxygen atoms in total. The molecule has 18 heavy (non-hydrogen) atoms. The number of aliphatic imine (C=N–C) groups is 1. The van der Waals surface area contributed by atoms with Crippen LogP contribution in [0.4, 0.5) is 0 Å². The van der Waals surface area contributed by atoms with Crippen molar-refractivity contribution in [2.45, 2.75) is 24.8 Å². The molecular formula is C14H12N2O2. The van der Waals surface area contributed by atoms with Gasteiger partial charge in [-0.15, -0.1) is 0 Å². The second-order valence-electron chi connectivity index (χ2n) is 4.47.